The maximum absolute atomic E-state index is 10.0. The van der Waals surface area contributed by atoms with Crippen molar-refractivity contribution < 1.29 is 5.11 Å². The smallest absolute Gasteiger partial charge is 0.165 e. The summed E-state index contributed by atoms with van der Waals surface area (Å²) < 4.78 is 1.92. The van der Waals surface area contributed by atoms with Crippen LogP contribution < -0.4 is 0 Å². The molecule has 17 heavy (non-hydrogen) atoms. The Bertz CT molecular complexity index is 541. The Morgan fingerprint density at radius 1 is 1.24 bits per heavy atom. The molecule has 0 bridgehead atoms. The van der Waals surface area contributed by atoms with Gasteiger partial charge in [0, 0.05) is 0 Å². The van der Waals surface area contributed by atoms with Crippen LogP contribution in [0, 0.1) is 0 Å². The Hall–Kier alpha value is -1.20. The van der Waals surface area contributed by atoms with Crippen molar-refractivity contribution in [2.75, 3.05) is 0 Å². The first-order chi connectivity index (χ1) is 8.27. The van der Waals surface area contributed by atoms with Crippen LogP contribution in [-0.2, 0) is 0 Å². The van der Waals surface area contributed by atoms with E-state index < -0.39 is 0 Å². The Kier molecular flexibility index (Phi) is 2.72. The second kappa shape index (κ2) is 4.23. The predicted octanol–water partition coefficient (Wildman–Crippen LogP) is 1.96. The van der Waals surface area contributed by atoms with Gasteiger partial charge in [0.05, 0.1) is 18.5 Å². The second-order valence-corrected chi connectivity index (χ2v) is 4.77. The van der Waals surface area contributed by atoms with Gasteiger partial charge in [-0.2, -0.15) is 0 Å². The zero-order chi connectivity index (χ0) is 11.8. The van der Waals surface area contributed by atoms with Crippen LogP contribution in [0.4, 0.5) is 0 Å². The minimum atomic E-state index is -0.324. The van der Waals surface area contributed by atoms with Gasteiger partial charge in [-0.3, -0.25) is 0 Å². The van der Waals surface area contributed by atoms with Gasteiger partial charge >= 0.3 is 0 Å². The first-order valence-corrected chi connectivity index (χ1v) is 6.16. The number of aliphatic hydroxyl groups excluding tert-OH is 1. The molecule has 0 amide bonds. The molecule has 0 spiro atoms. The molecule has 2 aromatic heterocycles. The van der Waals surface area contributed by atoms with E-state index in [0.29, 0.717) is 16.3 Å². The number of imidazole rings is 1. The molecule has 1 aliphatic rings. The molecule has 2 heterocycles. The zero-order valence-corrected chi connectivity index (χ0v) is 10.0. The minimum absolute atomic E-state index is 0.0553. The Morgan fingerprint density at radius 2 is 2.06 bits per heavy atom. The first-order valence-electron chi connectivity index (χ1n) is 5.78. The van der Waals surface area contributed by atoms with Gasteiger partial charge in [0.2, 0.25) is 0 Å². The van der Waals surface area contributed by atoms with Crippen LogP contribution in [0.5, 0.6) is 0 Å². The molecule has 3 rings (SSSR count). The SMILES string of the molecule is OC1CCCCC1n1cnc2c(Cl)ncnc21. The third-order valence-corrected chi connectivity index (χ3v) is 3.64. The van der Waals surface area contributed by atoms with Crippen molar-refractivity contribution in [3.05, 3.63) is 17.8 Å². The quantitative estimate of drug-likeness (QED) is 0.788. The van der Waals surface area contributed by atoms with E-state index in [0.717, 1.165) is 25.7 Å². The highest BCUT2D eigenvalue weighted by molar-refractivity contribution is 6.33. The molecule has 1 N–H and O–H groups in total. The monoisotopic (exact) mass is 252 g/mol. The fraction of sp³-hybridized carbons (Fsp3) is 0.545. The van der Waals surface area contributed by atoms with Gasteiger partial charge in [-0.1, -0.05) is 24.4 Å². The molecule has 5 nitrogen and oxygen atoms in total. The average Bonchev–Trinajstić information content (AvgIpc) is 2.75. The predicted molar refractivity (Wildman–Crippen MR) is 63.8 cm³/mol. The molecule has 1 fully saturated rings. The summed E-state index contributed by atoms with van der Waals surface area (Å²) in [5.74, 6) is 0. The number of rotatable bonds is 1. The van der Waals surface area contributed by atoms with E-state index in [9.17, 15) is 5.11 Å². The van der Waals surface area contributed by atoms with Crippen molar-refractivity contribution in [1.82, 2.24) is 19.5 Å². The number of nitrogens with zero attached hydrogens (tertiary/aromatic N) is 4. The normalized spacial score (nSPS) is 25.3. The van der Waals surface area contributed by atoms with Crippen molar-refractivity contribution in [2.45, 2.75) is 37.8 Å². The van der Waals surface area contributed by atoms with Gasteiger partial charge in [0.1, 0.15) is 11.8 Å². The van der Waals surface area contributed by atoms with Crippen LogP contribution >= 0.6 is 11.6 Å². The lowest BCUT2D eigenvalue weighted by molar-refractivity contribution is 0.0770. The van der Waals surface area contributed by atoms with Crippen molar-refractivity contribution >= 4 is 22.8 Å². The van der Waals surface area contributed by atoms with E-state index in [1.807, 2.05) is 4.57 Å². The van der Waals surface area contributed by atoms with Crippen molar-refractivity contribution in [1.29, 1.82) is 0 Å². The summed E-state index contributed by atoms with van der Waals surface area (Å²) >= 11 is 5.96. The maximum atomic E-state index is 10.0. The zero-order valence-electron chi connectivity index (χ0n) is 9.25. The fourth-order valence-corrected chi connectivity index (χ4v) is 2.66. The lowest BCUT2D eigenvalue weighted by atomic mass is 9.92. The number of aromatic nitrogens is 4. The maximum Gasteiger partial charge on any atom is 0.165 e. The number of hydrogen-bond donors (Lipinski definition) is 1. The van der Waals surface area contributed by atoms with E-state index in [-0.39, 0.29) is 12.1 Å². The molecule has 6 heteroatoms. The van der Waals surface area contributed by atoms with Crippen LogP contribution in [-0.4, -0.2) is 30.7 Å². The molecule has 1 aliphatic carbocycles. The topological polar surface area (TPSA) is 63.8 Å². The van der Waals surface area contributed by atoms with E-state index in [2.05, 4.69) is 15.0 Å². The lowest BCUT2D eigenvalue weighted by Crippen LogP contribution is -2.27. The number of halogens is 1. The van der Waals surface area contributed by atoms with Crippen LogP contribution in [0.2, 0.25) is 5.15 Å². The molecule has 2 aromatic rings. The largest absolute Gasteiger partial charge is 0.391 e. The molecule has 90 valence electrons. The molecule has 2 unspecified atom stereocenters. The highest BCUT2D eigenvalue weighted by atomic mass is 35.5. The molecule has 1 saturated carbocycles. The van der Waals surface area contributed by atoms with Gasteiger partial charge in [-0.25, -0.2) is 15.0 Å². The summed E-state index contributed by atoms with van der Waals surface area (Å²) in [5.41, 5.74) is 1.31. The lowest BCUT2D eigenvalue weighted by Gasteiger charge is -2.28. The minimum Gasteiger partial charge on any atom is -0.391 e. The fourth-order valence-electron chi connectivity index (χ4n) is 2.48. The summed E-state index contributed by atoms with van der Waals surface area (Å²) in [7, 11) is 0. The second-order valence-electron chi connectivity index (χ2n) is 4.41. The molecule has 0 aliphatic heterocycles. The summed E-state index contributed by atoms with van der Waals surface area (Å²) in [6.07, 6.45) is 6.80. The first kappa shape index (κ1) is 10.9. The van der Waals surface area contributed by atoms with Crippen LogP contribution in [0.3, 0.4) is 0 Å². The van der Waals surface area contributed by atoms with Gasteiger partial charge in [-0.15, -0.1) is 0 Å². The van der Waals surface area contributed by atoms with Gasteiger partial charge < -0.3 is 9.67 Å². The Labute approximate surface area is 103 Å². The van der Waals surface area contributed by atoms with Crippen molar-refractivity contribution in [2.24, 2.45) is 0 Å². The molecule has 2 atom stereocenters. The van der Waals surface area contributed by atoms with E-state index in [1.54, 1.807) is 6.33 Å². The summed E-state index contributed by atoms with van der Waals surface area (Å²) in [6.45, 7) is 0. The number of fused-ring (bicyclic) bond motifs is 1. The highest BCUT2D eigenvalue weighted by Crippen LogP contribution is 2.31. The Balaban J connectivity index is 2.08. The number of aliphatic hydroxyl groups is 1. The summed E-state index contributed by atoms with van der Waals surface area (Å²) in [6, 6.07) is 0.0553. The molecule has 0 aromatic carbocycles. The molecular formula is C11H13ClN4O. The van der Waals surface area contributed by atoms with Gasteiger partial charge in [-0.05, 0) is 12.8 Å². The van der Waals surface area contributed by atoms with Gasteiger partial charge in [0.15, 0.2) is 10.8 Å². The van der Waals surface area contributed by atoms with Crippen LogP contribution in [0.25, 0.3) is 11.2 Å². The third kappa shape index (κ3) is 1.79. The van der Waals surface area contributed by atoms with Crippen LogP contribution in [0.15, 0.2) is 12.7 Å². The number of hydrogen-bond acceptors (Lipinski definition) is 4. The van der Waals surface area contributed by atoms with E-state index in [1.165, 1.54) is 6.33 Å². The van der Waals surface area contributed by atoms with E-state index in [4.69, 9.17) is 11.6 Å². The Morgan fingerprint density at radius 3 is 2.88 bits per heavy atom. The van der Waals surface area contributed by atoms with Crippen molar-refractivity contribution in [3.63, 3.8) is 0 Å². The molecule has 0 saturated heterocycles. The van der Waals surface area contributed by atoms with Gasteiger partial charge in [0.25, 0.3) is 0 Å². The molecule has 0 radical (unpaired) electrons. The summed E-state index contributed by atoms with van der Waals surface area (Å²) in [4.78, 5) is 12.3. The highest BCUT2D eigenvalue weighted by Gasteiger charge is 2.26. The van der Waals surface area contributed by atoms with E-state index >= 15 is 0 Å². The van der Waals surface area contributed by atoms with Crippen molar-refractivity contribution in [3.8, 4) is 0 Å². The third-order valence-electron chi connectivity index (χ3n) is 3.37. The summed E-state index contributed by atoms with van der Waals surface area (Å²) in [5, 5.41) is 10.4. The standard InChI is InChI=1S/C11H13ClN4O/c12-10-9-11(14-5-13-10)16(6-15-9)7-3-1-2-4-8(7)17/h5-8,17H,1-4H2. The molecular weight excluding hydrogens is 240 g/mol. The average molecular weight is 253 g/mol. The van der Waals surface area contributed by atoms with Crippen LogP contribution in [0.1, 0.15) is 31.7 Å².